The molecule has 2 aliphatic rings. The molecule has 148 valence electrons. The van der Waals surface area contributed by atoms with Gasteiger partial charge in [-0.15, -0.1) is 0 Å². The second-order valence-corrected chi connectivity index (χ2v) is 7.30. The monoisotopic (exact) mass is 395 g/mol. The number of carbonyl (C=O) groups is 2. The van der Waals surface area contributed by atoms with Crippen LogP contribution in [-0.4, -0.2) is 27.6 Å². The van der Waals surface area contributed by atoms with E-state index in [4.69, 9.17) is 0 Å². The van der Waals surface area contributed by atoms with Crippen LogP contribution >= 0.6 is 0 Å². The Kier molecular flexibility index (Phi) is 4.57. The summed E-state index contributed by atoms with van der Waals surface area (Å²) in [4.78, 5) is 47.0. The van der Waals surface area contributed by atoms with Gasteiger partial charge in [0.05, 0.1) is 15.4 Å². The first-order valence-electron chi connectivity index (χ1n) is 9.33. The van der Waals surface area contributed by atoms with E-state index in [0.717, 1.165) is 44.2 Å². The molecule has 9 heteroatoms. The number of hydrogen-bond donors (Lipinski definition) is 1. The Hall–Kier alpha value is -3.62. The first-order chi connectivity index (χ1) is 13.9. The van der Waals surface area contributed by atoms with Crippen LogP contribution in [0.2, 0.25) is 0 Å². The number of carbonyl (C=O) groups excluding carboxylic acids is 2. The minimum Gasteiger partial charge on any atom is -0.349 e. The van der Waals surface area contributed by atoms with Crippen molar-refractivity contribution >= 4 is 23.1 Å². The van der Waals surface area contributed by atoms with E-state index in [-0.39, 0.29) is 34.1 Å². The van der Waals surface area contributed by atoms with Gasteiger partial charge in [0.1, 0.15) is 0 Å². The van der Waals surface area contributed by atoms with Gasteiger partial charge in [-0.1, -0.05) is 19.3 Å². The van der Waals surface area contributed by atoms with Crippen molar-refractivity contribution in [1.82, 2.24) is 5.32 Å². The minimum atomic E-state index is -0.656. The molecule has 0 heterocycles. The van der Waals surface area contributed by atoms with Crippen molar-refractivity contribution in [2.75, 3.05) is 0 Å². The Labute approximate surface area is 165 Å². The van der Waals surface area contributed by atoms with Crippen LogP contribution in [0.5, 0.6) is 0 Å². The molecule has 9 nitrogen and oxygen atoms in total. The van der Waals surface area contributed by atoms with Gasteiger partial charge in [0.2, 0.25) is 0 Å². The summed E-state index contributed by atoms with van der Waals surface area (Å²) in [6, 6.07) is 6.10. The van der Waals surface area contributed by atoms with Gasteiger partial charge < -0.3 is 5.32 Å². The summed E-state index contributed by atoms with van der Waals surface area (Å²) in [5, 5.41) is 25.3. The van der Waals surface area contributed by atoms with Crippen molar-refractivity contribution in [2.24, 2.45) is 0 Å². The quantitative estimate of drug-likeness (QED) is 0.528. The van der Waals surface area contributed by atoms with E-state index >= 15 is 0 Å². The van der Waals surface area contributed by atoms with Crippen LogP contribution in [0.4, 0.5) is 11.4 Å². The molecule has 1 saturated carbocycles. The van der Waals surface area contributed by atoms with Crippen LogP contribution in [0.15, 0.2) is 30.3 Å². The molecular formula is C20H17N3O6. The molecule has 1 N–H and O–H groups in total. The molecule has 1 fully saturated rings. The van der Waals surface area contributed by atoms with Gasteiger partial charge in [-0.25, -0.2) is 0 Å². The molecule has 0 radical (unpaired) electrons. The second-order valence-electron chi connectivity index (χ2n) is 7.30. The maximum Gasteiger partial charge on any atom is 0.271 e. The van der Waals surface area contributed by atoms with Gasteiger partial charge in [-0.05, 0) is 24.5 Å². The second kappa shape index (κ2) is 7.08. The molecule has 29 heavy (non-hydrogen) atoms. The highest BCUT2D eigenvalue weighted by molar-refractivity contribution is 6.25. The molecule has 0 spiro atoms. The first kappa shape index (κ1) is 18.7. The maximum atomic E-state index is 13.0. The Morgan fingerprint density at radius 3 is 2.21 bits per heavy atom. The Morgan fingerprint density at radius 2 is 1.55 bits per heavy atom. The lowest BCUT2D eigenvalue weighted by Gasteiger charge is -2.23. The summed E-state index contributed by atoms with van der Waals surface area (Å²) < 4.78 is 0. The summed E-state index contributed by atoms with van der Waals surface area (Å²) in [5.74, 6) is -1.04. The number of nitrogens with zero attached hydrogens (tertiary/aromatic N) is 2. The number of hydrogen-bond acceptors (Lipinski definition) is 6. The molecule has 0 bridgehead atoms. The highest BCUT2D eigenvalue weighted by atomic mass is 16.6. The lowest BCUT2D eigenvalue weighted by molar-refractivity contribution is -0.385. The predicted molar refractivity (Wildman–Crippen MR) is 103 cm³/mol. The summed E-state index contributed by atoms with van der Waals surface area (Å²) in [6.07, 6.45) is 4.79. The molecule has 0 aromatic heterocycles. The van der Waals surface area contributed by atoms with E-state index in [0.29, 0.717) is 11.1 Å². The van der Waals surface area contributed by atoms with Crippen molar-refractivity contribution in [3.05, 3.63) is 67.3 Å². The lowest BCUT2D eigenvalue weighted by Crippen LogP contribution is -2.36. The SMILES string of the molecule is O=C(NC1CCCCC1)c1cc([N+](=O)[O-])cc2c1-c1ccc([N+](=O)[O-])cc1C2=O. The highest BCUT2D eigenvalue weighted by Crippen LogP contribution is 2.42. The number of rotatable bonds is 4. The minimum absolute atomic E-state index is 0.0143. The van der Waals surface area contributed by atoms with Gasteiger partial charge in [0, 0.05) is 47.0 Å². The zero-order chi connectivity index (χ0) is 20.7. The van der Waals surface area contributed by atoms with Gasteiger partial charge in [0.15, 0.2) is 5.78 Å². The molecule has 1 amide bonds. The fraction of sp³-hybridized carbons (Fsp3) is 0.300. The van der Waals surface area contributed by atoms with Gasteiger partial charge in [0.25, 0.3) is 17.3 Å². The van der Waals surface area contributed by atoms with E-state index in [1.54, 1.807) is 0 Å². The summed E-state index contributed by atoms with van der Waals surface area (Å²) in [7, 11) is 0. The molecule has 4 rings (SSSR count). The zero-order valence-electron chi connectivity index (χ0n) is 15.3. The number of benzene rings is 2. The lowest BCUT2D eigenvalue weighted by atomic mass is 9.94. The smallest absolute Gasteiger partial charge is 0.271 e. The number of nitro groups is 2. The van der Waals surface area contributed by atoms with Crippen molar-refractivity contribution in [3.63, 3.8) is 0 Å². The fourth-order valence-corrected chi connectivity index (χ4v) is 4.09. The summed E-state index contributed by atoms with van der Waals surface area (Å²) >= 11 is 0. The molecule has 0 unspecified atom stereocenters. The van der Waals surface area contributed by atoms with Gasteiger partial charge >= 0.3 is 0 Å². The number of fused-ring (bicyclic) bond motifs is 3. The molecule has 0 atom stereocenters. The molecule has 0 saturated heterocycles. The Bertz CT molecular complexity index is 1070. The molecular weight excluding hydrogens is 378 g/mol. The highest BCUT2D eigenvalue weighted by Gasteiger charge is 2.35. The topological polar surface area (TPSA) is 132 Å². The van der Waals surface area contributed by atoms with Crippen LogP contribution in [-0.2, 0) is 0 Å². The van der Waals surface area contributed by atoms with E-state index in [1.807, 2.05) is 0 Å². The van der Waals surface area contributed by atoms with Crippen molar-refractivity contribution < 1.29 is 19.4 Å². The van der Waals surface area contributed by atoms with Crippen molar-refractivity contribution in [3.8, 4) is 11.1 Å². The van der Waals surface area contributed by atoms with E-state index in [1.165, 1.54) is 18.2 Å². The van der Waals surface area contributed by atoms with Crippen molar-refractivity contribution in [2.45, 2.75) is 38.1 Å². The third kappa shape index (κ3) is 3.24. The largest absolute Gasteiger partial charge is 0.349 e. The average molecular weight is 395 g/mol. The third-order valence-corrected chi connectivity index (χ3v) is 5.49. The maximum absolute atomic E-state index is 13.0. The number of non-ortho nitro benzene ring substituents is 2. The van der Waals surface area contributed by atoms with Gasteiger partial charge in [-0.2, -0.15) is 0 Å². The zero-order valence-corrected chi connectivity index (χ0v) is 15.3. The van der Waals surface area contributed by atoms with Gasteiger partial charge in [-0.3, -0.25) is 29.8 Å². The third-order valence-electron chi connectivity index (χ3n) is 5.49. The number of nitro benzene ring substituents is 2. The molecule has 2 aromatic rings. The van der Waals surface area contributed by atoms with Crippen LogP contribution in [0.3, 0.4) is 0 Å². The number of ketones is 1. The first-order valence-corrected chi connectivity index (χ1v) is 9.33. The van der Waals surface area contributed by atoms with Crippen molar-refractivity contribution in [1.29, 1.82) is 0 Å². The van der Waals surface area contributed by atoms with Crippen LogP contribution in [0, 0.1) is 20.2 Å². The van der Waals surface area contributed by atoms with Crippen LogP contribution < -0.4 is 5.32 Å². The fourth-order valence-electron chi connectivity index (χ4n) is 4.09. The standard InChI is InChI=1S/C20H17N3O6/c24-19-15-8-12(22(26)27)6-7-14(15)18-16(19)9-13(23(28)29)10-17(18)20(25)21-11-4-2-1-3-5-11/h6-11H,1-5H2,(H,21,25). The Morgan fingerprint density at radius 1 is 0.897 bits per heavy atom. The summed E-state index contributed by atoms with van der Waals surface area (Å²) in [5.41, 5.74) is 0.171. The summed E-state index contributed by atoms with van der Waals surface area (Å²) in [6.45, 7) is 0. The number of nitrogens with one attached hydrogen (secondary N) is 1. The van der Waals surface area contributed by atoms with E-state index in [2.05, 4.69) is 5.32 Å². The Balaban J connectivity index is 1.83. The molecule has 2 aliphatic carbocycles. The molecule has 0 aliphatic heterocycles. The predicted octanol–water partition coefficient (Wildman–Crippen LogP) is 3.78. The van der Waals surface area contributed by atoms with Crippen LogP contribution in [0.1, 0.15) is 58.4 Å². The van der Waals surface area contributed by atoms with E-state index < -0.39 is 21.5 Å². The average Bonchev–Trinajstić information content (AvgIpc) is 3.00. The normalized spacial score (nSPS) is 15.5. The number of amides is 1. The van der Waals surface area contributed by atoms with Crippen LogP contribution in [0.25, 0.3) is 11.1 Å². The van der Waals surface area contributed by atoms with E-state index in [9.17, 15) is 29.8 Å². The molecule has 2 aromatic carbocycles.